The van der Waals surface area contributed by atoms with Gasteiger partial charge in [-0.2, -0.15) is 13.2 Å². The molecule has 1 aliphatic heterocycles. The molecule has 1 heterocycles. The Bertz CT molecular complexity index is 608. The summed E-state index contributed by atoms with van der Waals surface area (Å²) < 4.78 is 51.5. The number of hydrogen-bond acceptors (Lipinski definition) is 2. The van der Waals surface area contributed by atoms with E-state index in [2.05, 4.69) is 0 Å². The SMILES string of the molecule is Cl.NC1CCC2CN(C(=O)c3ccc(F)c(C(F)(F)F)c3)CC12. The molecular weight excluding hydrogens is 336 g/mol. The predicted molar refractivity (Wildman–Crippen MR) is 78.7 cm³/mol. The number of hydrogen-bond donors (Lipinski definition) is 1. The maximum Gasteiger partial charge on any atom is 0.419 e. The number of halogens is 5. The monoisotopic (exact) mass is 352 g/mol. The summed E-state index contributed by atoms with van der Waals surface area (Å²) in [6.45, 7) is 0.972. The first-order valence-corrected chi connectivity index (χ1v) is 7.19. The highest BCUT2D eigenvalue weighted by molar-refractivity contribution is 5.94. The van der Waals surface area contributed by atoms with Gasteiger partial charge in [-0.25, -0.2) is 4.39 Å². The molecule has 128 valence electrons. The fourth-order valence-corrected chi connectivity index (χ4v) is 3.53. The van der Waals surface area contributed by atoms with Crippen molar-refractivity contribution in [3.63, 3.8) is 0 Å². The summed E-state index contributed by atoms with van der Waals surface area (Å²) in [5.41, 5.74) is 4.44. The van der Waals surface area contributed by atoms with Crippen molar-refractivity contribution in [3.05, 3.63) is 35.1 Å². The average molecular weight is 353 g/mol. The highest BCUT2D eigenvalue weighted by atomic mass is 35.5. The van der Waals surface area contributed by atoms with E-state index in [1.165, 1.54) is 4.90 Å². The standard InChI is InChI=1S/C15H16F4N2O.ClH/c16-12-3-1-8(5-11(12)15(17,18)19)14(22)21-6-9-2-4-13(20)10(9)7-21;/h1,3,5,9-10,13H,2,4,6-7,20H2;1H. The summed E-state index contributed by atoms with van der Waals surface area (Å²) >= 11 is 0. The third-order valence-electron chi connectivity index (χ3n) is 4.72. The zero-order chi connectivity index (χ0) is 16.1. The van der Waals surface area contributed by atoms with Crippen molar-refractivity contribution >= 4 is 18.3 Å². The Morgan fingerprint density at radius 1 is 1.22 bits per heavy atom. The maximum atomic E-state index is 13.3. The van der Waals surface area contributed by atoms with Crippen LogP contribution in [0, 0.1) is 17.7 Å². The normalized spacial score (nSPS) is 26.8. The molecule has 2 fully saturated rings. The van der Waals surface area contributed by atoms with Crippen LogP contribution in [0.15, 0.2) is 18.2 Å². The van der Waals surface area contributed by atoms with Crippen molar-refractivity contribution in [1.82, 2.24) is 4.90 Å². The Balaban J connectivity index is 0.00000192. The molecule has 23 heavy (non-hydrogen) atoms. The molecule has 1 amide bonds. The van der Waals surface area contributed by atoms with Crippen LogP contribution in [0.1, 0.15) is 28.8 Å². The van der Waals surface area contributed by atoms with E-state index in [1.54, 1.807) is 0 Å². The molecule has 8 heteroatoms. The predicted octanol–water partition coefficient (Wildman–Crippen LogP) is 3.08. The minimum absolute atomic E-state index is 0. The molecule has 0 radical (unpaired) electrons. The summed E-state index contributed by atoms with van der Waals surface area (Å²) in [5.74, 6) is -1.33. The molecule has 0 aromatic heterocycles. The number of benzene rings is 1. The molecule has 3 unspecified atom stereocenters. The quantitative estimate of drug-likeness (QED) is 0.790. The molecule has 3 atom stereocenters. The van der Waals surface area contributed by atoms with Gasteiger partial charge in [-0.1, -0.05) is 0 Å². The minimum atomic E-state index is -4.82. The van der Waals surface area contributed by atoms with E-state index in [0.29, 0.717) is 31.1 Å². The summed E-state index contributed by atoms with van der Waals surface area (Å²) in [6.07, 6.45) is -2.96. The first-order valence-electron chi connectivity index (χ1n) is 7.19. The molecule has 1 aromatic rings. The van der Waals surface area contributed by atoms with Gasteiger partial charge in [0.15, 0.2) is 0 Å². The first kappa shape index (κ1) is 18.0. The molecule has 2 N–H and O–H groups in total. The number of likely N-dealkylation sites (tertiary alicyclic amines) is 1. The molecule has 1 aliphatic carbocycles. The van der Waals surface area contributed by atoms with Crippen LogP contribution in [0.4, 0.5) is 17.6 Å². The Hall–Kier alpha value is -1.34. The maximum absolute atomic E-state index is 13.3. The number of fused-ring (bicyclic) bond motifs is 1. The second-order valence-electron chi connectivity index (χ2n) is 6.07. The van der Waals surface area contributed by atoms with Crippen LogP contribution < -0.4 is 5.73 Å². The highest BCUT2D eigenvalue weighted by Gasteiger charge is 2.43. The van der Waals surface area contributed by atoms with E-state index < -0.39 is 23.5 Å². The Labute approximate surface area is 137 Å². The summed E-state index contributed by atoms with van der Waals surface area (Å²) in [7, 11) is 0. The van der Waals surface area contributed by atoms with Crippen LogP contribution in [-0.2, 0) is 6.18 Å². The molecule has 1 aromatic carbocycles. The van der Waals surface area contributed by atoms with Crippen molar-refractivity contribution < 1.29 is 22.4 Å². The number of nitrogens with two attached hydrogens (primary N) is 1. The highest BCUT2D eigenvalue weighted by Crippen LogP contribution is 2.38. The Morgan fingerprint density at radius 3 is 2.52 bits per heavy atom. The minimum Gasteiger partial charge on any atom is -0.338 e. The second kappa shape index (κ2) is 6.28. The number of rotatable bonds is 1. The van der Waals surface area contributed by atoms with E-state index >= 15 is 0 Å². The van der Waals surface area contributed by atoms with Crippen LogP contribution in [0.3, 0.4) is 0 Å². The van der Waals surface area contributed by atoms with Crippen LogP contribution in [0.25, 0.3) is 0 Å². The van der Waals surface area contributed by atoms with E-state index in [0.717, 1.165) is 18.9 Å². The molecule has 0 bridgehead atoms. The molecular formula is C15H17ClF4N2O. The number of nitrogens with zero attached hydrogens (tertiary/aromatic N) is 1. The van der Waals surface area contributed by atoms with E-state index in [9.17, 15) is 22.4 Å². The van der Waals surface area contributed by atoms with Crippen LogP contribution in [0.5, 0.6) is 0 Å². The summed E-state index contributed by atoms with van der Waals surface area (Å²) in [4.78, 5) is 13.9. The van der Waals surface area contributed by atoms with E-state index in [-0.39, 0.29) is 29.9 Å². The molecule has 1 saturated carbocycles. The van der Waals surface area contributed by atoms with Gasteiger partial charge >= 0.3 is 6.18 Å². The van der Waals surface area contributed by atoms with Gasteiger partial charge in [0.05, 0.1) is 5.56 Å². The van der Waals surface area contributed by atoms with Crippen molar-refractivity contribution in [1.29, 1.82) is 0 Å². The largest absolute Gasteiger partial charge is 0.419 e. The lowest BCUT2D eigenvalue weighted by molar-refractivity contribution is -0.140. The molecule has 3 rings (SSSR count). The van der Waals surface area contributed by atoms with E-state index in [4.69, 9.17) is 5.73 Å². The zero-order valence-corrected chi connectivity index (χ0v) is 13.0. The molecule has 3 nitrogen and oxygen atoms in total. The first-order chi connectivity index (χ1) is 10.3. The van der Waals surface area contributed by atoms with Crippen LogP contribution >= 0.6 is 12.4 Å². The van der Waals surface area contributed by atoms with Crippen molar-refractivity contribution in [3.8, 4) is 0 Å². The van der Waals surface area contributed by atoms with Gasteiger partial charge < -0.3 is 10.6 Å². The number of amides is 1. The lowest BCUT2D eigenvalue weighted by Gasteiger charge is -2.19. The third-order valence-corrected chi connectivity index (χ3v) is 4.72. The average Bonchev–Trinajstić information content (AvgIpc) is 3.00. The van der Waals surface area contributed by atoms with Crippen molar-refractivity contribution in [2.75, 3.05) is 13.1 Å². The number of carbonyl (C=O) groups is 1. The van der Waals surface area contributed by atoms with Crippen molar-refractivity contribution in [2.45, 2.75) is 25.1 Å². The fourth-order valence-electron chi connectivity index (χ4n) is 3.53. The van der Waals surface area contributed by atoms with Gasteiger partial charge in [-0.05, 0) is 42.9 Å². The van der Waals surface area contributed by atoms with Gasteiger partial charge in [0.2, 0.25) is 0 Å². The lowest BCUT2D eigenvalue weighted by atomic mass is 9.98. The van der Waals surface area contributed by atoms with Crippen LogP contribution in [0.2, 0.25) is 0 Å². The van der Waals surface area contributed by atoms with Gasteiger partial charge in [0, 0.05) is 24.7 Å². The third kappa shape index (κ3) is 3.30. The van der Waals surface area contributed by atoms with Gasteiger partial charge in [0.1, 0.15) is 5.82 Å². The lowest BCUT2D eigenvalue weighted by Crippen LogP contribution is -2.33. The Kier molecular flexibility index (Phi) is 4.92. The van der Waals surface area contributed by atoms with Gasteiger partial charge in [0.25, 0.3) is 5.91 Å². The molecule has 1 saturated heterocycles. The Morgan fingerprint density at radius 2 is 1.91 bits per heavy atom. The van der Waals surface area contributed by atoms with Gasteiger partial charge in [-0.15, -0.1) is 12.4 Å². The van der Waals surface area contributed by atoms with Crippen LogP contribution in [-0.4, -0.2) is 29.9 Å². The number of carbonyl (C=O) groups excluding carboxylic acids is 1. The van der Waals surface area contributed by atoms with Gasteiger partial charge in [-0.3, -0.25) is 4.79 Å². The number of alkyl halides is 3. The van der Waals surface area contributed by atoms with E-state index in [1.807, 2.05) is 0 Å². The summed E-state index contributed by atoms with van der Waals surface area (Å²) in [6, 6.07) is 2.42. The zero-order valence-electron chi connectivity index (χ0n) is 12.1. The smallest absolute Gasteiger partial charge is 0.338 e. The van der Waals surface area contributed by atoms with Crippen molar-refractivity contribution in [2.24, 2.45) is 17.6 Å². The second-order valence-corrected chi connectivity index (χ2v) is 6.07. The summed E-state index contributed by atoms with van der Waals surface area (Å²) in [5, 5.41) is 0. The molecule has 2 aliphatic rings. The molecule has 0 spiro atoms. The topological polar surface area (TPSA) is 46.3 Å². The fraction of sp³-hybridized carbons (Fsp3) is 0.533.